The Balaban J connectivity index is 1.58. The number of carbonyl (C=O) groups excluding carboxylic acids is 2. The number of thiophene rings is 1. The number of ether oxygens (including phenoxy) is 1. The molecular weight excluding hydrogens is 453 g/mol. The zero-order valence-electron chi connectivity index (χ0n) is 14.8. The molecule has 2 aliphatic rings. The second kappa shape index (κ2) is 7.00. The molecule has 1 N–H and O–H groups in total. The van der Waals surface area contributed by atoms with E-state index in [-0.39, 0.29) is 10.3 Å². The van der Waals surface area contributed by atoms with Gasteiger partial charge in [-0.25, -0.2) is 0 Å². The van der Waals surface area contributed by atoms with Crippen molar-refractivity contribution in [3.63, 3.8) is 0 Å². The van der Waals surface area contributed by atoms with Gasteiger partial charge in [0.15, 0.2) is 0 Å². The van der Waals surface area contributed by atoms with Crippen LogP contribution in [0.4, 0.5) is 16.4 Å². The molecule has 1 radical (unpaired) electrons. The maximum absolute atomic E-state index is 12.1. The number of rotatable bonds is 2. The zero-order valence-corrected chi connectivity index (χ0v) is 17.3. The van der Waals surface area contributed by atoms with Gasteiger partial charge in [-0.15, -0.1) is 0 Å². The first-order valence-corrected chi connectivity index (χ1v) is 10.4. The topological polar surface area (TPSA) is 71.0 Å². The van der Waals surface area contributed by atoms with Gasteiger partial charge in [-0.3, -0.25) is 0 Å². The Hall–Kier alpha value is -3.19. The van der Waals surface area contributed by atoms with E-state index in [9.17, 15) is 9.59 Å². The molecule has 5 rings (SSSR count). The Morgan fingerprint density at radius 3 is 2.28 bits per heavy atom. The van der Waals surface area contributed by atoms with Crippen LogP contribution >= 0.6 is 11.3 Å². The summed E-state index contributed by atoms with van der Waals surface area (Å²) in [5, 5.41) is 3.46. The molecule has 0 atom stereocenters. The van der Waals surface area contributed by atoms with Crippen LogP contribution in [0.2, 0.25) is 0 Å². The van der Waals surface area contributed by atoms with Crippen LogP contribution in [0.15, 0.2) is 71.2 Å². The average Bonchev–Trinajstić information content (AvgIpc) is 3.17. The molecule has 0 bridgehead atoms. The van der Waals surface area contributed by atoms with Gasteiger partial charge in [0.25, 0.3) is 0 Å². The zero-order chi connectivity index (χ0) is 20.0. The molecule has 29 heavy (non-hydrogen) atoms. The van der Waals surface area contributed by atoms with Crippen molar-refractivity contribution in [1.82, 2.24) is 5.32 Å². The normalized spacial score (nSPS) is 16.6. The van der Waals surface area contributed by atoms with Crippen molar-refractivity contribution in [3.05, 3.63) is 71.1 Å². The monoisotopic (exact) mass is 466 g/mol. The third-order valence-corrected chi connectivity index (χ3v) is 5.87. The first kappa shape index (κ1) is 17.9. The molecule has 2 aromatic carbocycles. The number of hydrogen-bond donors (Lipinski definition) is 1. The fourth-order valence-corrected chi connectivity index (χ4v) is 4.54. The van der Waals surface area contributed by atoms with Crippen LogP contribution in [0, 0.1) is 0 Å². The van der Waals surface area contributed by atoms with E-state index in [2.05, 4.69) is 31.2 Å². The summed E-state index contributed by atoms with van der Waals surface area (Å²) in [4.78, 5) is 30.9. The van der Waals surface area contributed by atoms with E-state index in [1.807, 2.05) is 60.7 Å². The van der Waals surface area contributed by atoms with Gasteiger partial charge < -0.3 is 0 Å². The van der Waals surface area contributed by atoms with Gasteiger partial charge in [-0.05, 0) is 0 Å². The molecule has 1 aromatic heterocycles. The number of hydrogen-bond acceptors (Lipinski definition) is 5. The molecule has 0 aliphatic carbocycles. The van der Waals surface area contributed by atoms with Crippen molar-refractivity contribution in [2.24, 2.45) is 4.99 Å². The van der Waals surface area contributed by atoms with Crippen molar-refractivity contribution >= 4 is 66.3 Å². The Morgan fingerprint density at radius 1 is 0.966 bits per heavy atom. The summed E-state index contributed by atoms with van der Waals surface area (Å²) in [6.07, 6.45) is 1.57. The number of benzene rings is 2. The molecule has 6 nitrogen and oxygen atoms in total. The molecule has 0 unspecified atom stereocenters. The van der Waals surface area contributed by atoms with E-state index in [0.717, 1.165) is 32.8 Å². The number of amidine groups is 1. The van der Waals surface area contributed by atoms with Gasteiger partial charge >= 0.3 is 166 Å². The molecule has 3 aromatic rings. The summed E-state index contributed by atoms with van der Waals surface area (Å²) in [6, 6.07) is 19.5. The maximum atomic E-state index is 12.1. The molecular formula is C21H12N3O3SSe. The number of carbonyl (C=O) groups is 2. The van der Waals surface area contributed by atoms with Gasteiger partial charge in [0.05, 0.1) is 0 Å². The molecule has 0 spiro atoms. The SMILES string of the molecule is O=C1N=C([Se])NC(=O)/C1=C\c1ccc(N2c3ccccc3Oc3ccccc32)s1. The standard InChI is InChI=1S/C21H12N3O3SSe/c25-19-13(20(26)23-21(29)22-19)11-12-9-10-18(28-12)24-14-5-1-3-7-16(14)27-17-8-4-2-6-15(17)24/h1-11H,(H,22,23,25,26). The Bertz CT molecular complexity index is 1190. The molecule has 0 saturated carbocycles. The van der Waals surface area contributed by atoms with E-state index in [1.165, 1.54) is 11.3 Å². The Labute approximate surface area is 178 Å². The number of nitrogens with one attached hydrogen (secondary N) is 1. The van der Waals surface area contributed by atoms with E-state index >= 15 is 0 Å². The third kappa shape index (κ3) is 3.17. The first-order chi connectivity index (χ1) is 14.1. The Morgan fingerprint density at radius 2 is 1.62 bits per heavy atom. The van der Waals surface area contributed by atoms with Crippen LogP contribution < -0.4 is 15.0 Å². The fraction of sp³-hybridized carbons (Fsp3) is 0. The van der Waals surface area contributed by atoms with Crippen LogP contribution in [-0.2, 0) is 9.59 Å². The second-order valence-electron chi connectivity index (χ2n) is 6.28. The summed E-state index contributed by atoms with van der Waals surface area (Å²) in [5.74, 6) is 0.514. The van der Waals surface area contributed by atoms with Crippen molar-refractivity contribution < 1.29 is 14.3 Å². The second-order valence-corrected chi connectivity index (χ2v) is 8.19. The summed E-state index contributed by atoms with van der Waals surface area (Å²) < 4.78 is 6.22. The van der Waals surface area contributed by atoms with Crippen LogP contribution in [-0.4, -0.2) is 32.6 Å². The summed E-state index contributed by atoms with van der Waals surface area (Å²) in [7, 11) is 0. The predicted octanol–water partition coefficient (Wildman–Crippen LogP) is 3.89. The van der Waals surface area contributed by atoms with E-state index in [1.54, 1.807) is 6.08 Å². The molecule has 8 heteroatoms. The number of para-hydroxylation sites is 4. The summed E-state index contributed by atoms with van der Waals surface area (Å²) in [6.45, 7) is 0. The summed E-state index contributed by atoms with van der Waals surface area (Å²) in [5.41, 5.74) is 1.86. The predicted molar refractivity (Wildman–Crippen MR) is 113 cm³/mol. The minimum absolute atomic E-state index is 0.0141. The number of fused-ring (bicyclic) bond motifs is 2. The van der Waals surface area contributed by atoms with E-state index < -0.39 is 11.8 Å². The van der Waals surface area contributed by atoms with Crippen LogP contribution in [0.25, 0.3) is 6.08 Å². The summed E-state index contributed by atoms with van der Waals surface area (Å²) >= 11 is 4.01. The molecule has 2 amide bonds. The van der Waals surface area contributed by atoms with Crippen molar-refractivity contribution in [1.29, 1.82) is 0 Å². The Kier molecular flexibility index (Phi) is 4.32. The number of aliphatic imine (C=N–C) groups is 1. The van der Waals surface area contributed by atoms with Crippen molar-refractivity contribution in [2.45, 2.75) is 0 Å². The van der Waals surface area contributed by atoms with Crippen LogP contribution in [0.3, 0.4) is 0 Å². The fourth-order valence-electron chi connectivity index (χ4n) is 3.19. The van der Waals surface area contributed by atoms with Crippen molar-refractivity contribution in [3.8, 4) is 11.5 Å². The van der Waals surface area contributed by atoms with Gasteiger partial charge in [0, 0.05) is 0 Å². The number of nitrogens with zero attached hydrogens (tertiary/aromatic N) is 2. The van der Waals surface area contributed by atoms with Gasteiger partial charge in [0.1, 0.15) is 0 Å². The number of amides is 2. The third-order valence-electron chi connectivity index (χ3n) is 4.45. The van der Waals surface area contributed by atoms with Gasteiger partial charge in [0.2, 0.25) is 0 Å². The van der Waals surface area contributed by atoms with Gasteiger partial charge in [-0.1, -0.05) is 12.1 Å². The molecule has 0 saturated heterocycles. The van der Waals surface area contributed by atoms with E-state index in [0.29, 0.717) is 0 Å². The minimum atomic E-state index is -0.556. The van der Waals surface area contributed by atoms with Crippen LogP contribution in [0.1, 0.15) is 4.88 Å². The average molecular weight is 465 g/mol. The molecule has 2 aliphatic heterocycles. The van der Waals surface area contributed by atoms with Crippen LogP contribution in [0.5, 0.6) is 11.5 Å². The first-order valence-electron chi connectivity index (χ1n) is 8.69. The molecule has 0 fully saturated rings. The molecule has 141 valence electrons. The quantitative estimate of drug-likeness (QED) is 0.277. The number of anilines is 3. The van der Waals surface area contributed by atoms with Crippen molar-refractivity contribution in [2.75, 3.05) is 4.90 Å². The van der Waals surface area contributed by atoms with E-state index in [4.69, 9.17) is 4.74 Å². The van der Waals surface area contributed by atoms with Gasteiger partial charge in [-0.2, -0.15) is 0 Å². The molecule has 3 heterocycles.